The molecule has 26 heavy (non-hydrogen) atoms. The van der Waals surface area contributed by atoms with E-state index in [2.05, 4.69) is 37.2 Å². The van der Waals surface area contributed by atoms with E-state index < -0.39 is 12.0 Å². The van der Waals surface area contributed by atoms with E-state index in [1.54, 1.807) is 25.5 Å². The molecule has 0 spiro atoms. The van der Waals surface area contributed by atoms with Gasteiger partial charge >= 0.3 is 5.97 Å². The van der Waals surface area contributed by atoms with Crippen LogP contribution in [0.2, 0.25) is 0 Å². The molecule has 2 aromatic heterocycles. The number of esters is 1. The highest BCUT2D eigenvalue weighted by Crippen LogP contribution is 2.17. The summed E-state index contributed by atoms with van der Waals surface area (Å²) >= 11 is 0. The van der Waals surface area contributed by atoms with E-state index in [4.69, 9.17) is 5.73 Å². The van der Waals surface area contributed by atoms with Crippen molar-refractivity contribution in [3.8, 4) is 11.8 Å². The van der Waals surface area contributed by atoms with Crippen molar-refractivity contribution in [1.29, 1.82) is 0 Å². The van der Waals surface area contributed by atoms with Crippen molar-refractivity contribution < 1.29 is 9.53 Å². The number of rotatable bonds is 7. The van der Waals surface area contributed by atoms with Crippen molar-refractivity contribution in [3.63, 3.8) is 0 Å². The summed E-state index contributed by atoms with van der Waals surface area (Å²) in [5, 5.41) is 5.94. The Balaban J connectivity index is 2.57. The smallest absolute Gasteiger partial charge is 0.328 e. The van der Waals surface area contributed by atoms with Gasteiger partial charge in [0.1, 0.15) is 6.04 Å². The Morgan fingerprint density at radius 1 is 1.38 bits per heavy atom. The number of hydrogen-bond acceptors (Lipinski definition) is 8. The lowest BCUT2D eigenvalue weighted by atomic mass is 10.3. The molecule has 140 valence electrons. The molecule has 0 bridgehead atoms. The first-order valence-corrected chi connectivity index (χ1v) is 8.09. The Morgan fingerprint density at radius 3 is 2.69 bits per heavy atom. The van der Waals surface area contributed by atoms with Crippen molar-refractivity contribution in [2.24, 2.45) is 12.8 Å². The third kappa shape index (κ3) is 3.78. The van der Waals surface area contributed by atoms with E-state index in [1.165, 1.54) is 11.7 Å². The number of carbonyl (C=O) groups is 1. The van der Waals surface area contributed by atoms with Crippen molar-refractivity contribution >= 4 is 29.0 Å². The van der Waals surface area contributed by atoms with Crippen molar-refractivity contribution in [3.05, 3.63) is 10.4 Å². The zero-order valence-electron chi connectivity index (χ0n) is 15.3. The summed E-state index contributed by atoms with van der Waals surface area (Å²) in [4.78, 5) is 33.2. The van der Waals surface area contributed by atoms with Gasteiger partial charge in [-0.2, -0.15) is 9.97 Å². The maximum Gasteiger partial charge on any atom is 0.328 e. The van der Waals surface area contributed by atoms with E-state index in [0.717, 1.165) is 0 Å². The van der Waals surface area contributed by atoms with E-state index in [0.29, 0.717) is 31.1 Å². The van der Waals surface area contributed by atoms with Crippen LogP contribution in [0.1, 0.15) is 13.8 Å². The normalized spacial score (nSPS) is 11.6. The highest BCUT2D eigenvalue weighted by Gasteiger charge is 2.20. The highest BCUT2D eigenvalue weighted by molar-refractivity contribution is 5.79. The average molecular weight is 361 g/mol. The first-order valence-electron chi connectivity index (χ1n) is 8.09. The van der Waals surface area contributed by atoms with Crippen LogP contribution >= 0.6 is 0 Å². The van der Waals surface area contributed by atoms with E-state index in [-0.39, 0.29) is 17.2 Å². The molecule has 0 aliphatic heterocycles. The molecule has 0 radical (unpaired) electrons. The van der Waals surface area contributed by atoms with Crippen LogP contribution in [-0.4, -0.2) is 51.3 Å². The minimum Gasteiger partial charge on any atom is -0.467 e. The first-order chi connectivity index (χ1) is 12.4. The van der Waals surface area contributed by atoms with Gasteiger partial charge in [-0.1, -0.05) is 5.92 Å². The largest absolute Gasteiger partial charge is 0.467 e. The lowest BCUT2D eigenvalue weighted by molar-refractivity contribution is -0.141. The Bertz CT molecular complexity index is 920. The molecule has 0 amide bonds. The molecule has 2 rings (SSSR count). The fourth-order valence-corrected chi connectivity index (χ4v) is 2.35. The van der Waals surface area contributed by atoms with E-state index in [9.17, 15) is 9.59 Å². The molecule has 0 aliphatic rings. The molecule has 0 saturated carbocycles. The molecule has 1 atom stereocenters. The summed E-state index contributed by atoms with van der Waals surface area (Å²) in [5.74, 6) is 5.95. The second-order valence-electron chi connectivity index (χ2n) is 5.52. The maximum absolute atomic E-state index is 12.8. The van der Waals surface area contributed by atoms with Gasteiger partial charge in [0, 0.05) is 20.1 Å². The lowest BCUT2D eigenvalue weighted by Gasteiger charge is -2.14. The number of imidazole rings is 1. The maximum atomic E-state index is 12.8. The molecule has 10 nitrogen and oxygen atoms in total. The van der Waals surface area contributed by atoms with Gasteiger partial charge in [0.2, 0.25) is 11.9 Å². The summed E-state index contributed by atoms with van der Waals surface area (Å²) in [6.07, 6.45) is 0. The van der Waals surface area contributed by atoms with Crippen LogP contribution in [0.5, 0.6) is 0 Å². The Morgan fingerprint density at radius 2 is 2.08 bits per heavy atom. The number of nitrogens with one attached hydrogen (secondary N) is 2. The van der Waals surface area contributed by atoms with Gasteiger partial charge in [-0.25, -0.2) is 4.79 Å². The van der Waals surface area contributed by atoms with Crippen LogP contribution in [0.4, 0.5) is 11.9 Å². The zero-order valence-corrected chi connectivity index (χ0v) is 15.3. The molecule has 2 heterocycles. The van der Waals surface area contributed by atoms with E-state index >= 15 is 0 Å². The van der Waals surface area contributed by atoms with Crippen LogP contribution in [0.25, 0.3) is 11.2 Å². The molecule has 0 aromatic carbocycles. The average Bonchev–Trinajstić information content (AvgIpc) is 2.98. The molecule has 0 saturated heterocycles. The second-order valence-corrected chi connectivity index (χ2v) is 5.52. The fraction of sp³-hybridized carbons (Fsp3) is 0.500. The highest BCUT2D eigenvalue weighted by atomic mass is 16.5. The number of methoxy groups -OCH3 is 1. The predicted molar refractivity (Wildman–Crippen MR) is 98.9 cm³/mol. The number of nitrogens with two attached hydrogens (primary N) is 1. The third-order valence-electron chi connectivity index (χ3n) is 3.73. The number of ether oxygens (including phenoxy) is 1. The zero-order chi connectivity index (χ0) is 19.3. The van der Waals surface area contributed by atoms with Crippen molar-refractivity contribution in [2.75, 3.05) is 30.8 Å². The van der Waals surface area contributed by atoms with Gasteiger partial charge < -0.3 is 21.1 Å². The monoisotopic (exact) mass is 361 g/mol. The van der Waals surface area contributed by atoms with Gasteiger partial charge in [-0.15, -0.1) is 5.92 Å². The minimum absolute atomic E-state index is 0.219. The predicted octanol–water partition coefficient (Wildman–Crippen LogP) is -0.503. The Hall–Kier alpha value is -3.06. The van der Waals surface area contributed by atoms with Gasteiger partial charge in [-0.05, 0) is 13.8 Å². The van der Waals surface area contributed by atoms with Crippen LogP contribution in [0.15, 0.2) is 4.79 Å². The van der Waals surface area contributed by atoms with Gasteiger partial charge in [0.25, 0.3) is 5.56 Å². The number of anilines is 2. The fourth-order valence-electron chi connectivity index (χ4n) is 2.35. The van der Waals surface area contributed by atoms with Gasteiger partial charge in [0.05, 0.1) is 13.7 Å². The molecular weight excluding hydrogens is 338 g/mol. The van der Waals surface area contributed by atoms with Crippen molar-refractivity contribution in [2.45, 2.75) is 26.4 Å². The molecule has 10 heteroatoms. The number of fused-ring (bicyclic) bond motifs is 1. The molecule has 0 aliphatic carbocycles. The van der Waals surface area contributed by atoms with Crippen LogP contribution in [0, 0.1) is 11.8 Å². The van der Waals surface area contributed by atoms with Gasteiger partial charge in [-0.3, -0.25) is 13.9 Å². The SMILES string of the molecule is CC#CCn1c(NCCN)nc2nc(NC(C)C(=O)OC)n(C)c(=O)c21. The minimum atomic E-state index is -0.668. The lowest BCUT2D eigenvalue weighted by Crippen LogP contribution is -2.32. The number of aromatic nitrogens is 4. The summed E-state index contributed by atoms with van der Waals surface area (Å²) in [5.41, 5.74) is 5.81. The first kappa shape index (κ1) is 19.3. The van der Waals surface area contributed by atoms with Crippen molar-refractivity contribution in [1.82, 2.24) is 19.1 Å². The molecular formula is C16H23N7O3. The van der Waals surface area contributed by atoms with Crippen LogP contribution in [0.3, 0.4) is 0 Å². The quantitative estimate of drug-likeness (QED) is 0.444. The Labute approximate surface area is 150 Å². The third-order valence-corrected chi connectivity index (χ3v) is 3.73. The second kappa shape index (κ2) is 8.35. The summed E-state index contributed by atoms with van der Waals surface area (Å²) in [6.45, 7) is 4.54. The number of hydrogen-bond donors (Lipinski definition) is 3. The summed E-state index contributed by atoms with van der Waals surface area (Å²) in [6, 6.07) is -0.668. The molecule has 0 fully saturated rings. The van der Waals surface area contributed by atoms with Gasteiger partial charge in [0.15, 0.2) is 11.2 Å². The van der Waals surface area contributed by atoms with Crippen LogP contribution in [-0.2, 0) is 23.1 Å². The number of carbonyl (C=O) groups excluding carboxylic acids is 1. The number of nitrogens with zero attached hydrogens (tertiary/aromatic N) is 4. The molecule has 4 N–H and O–H groups in total. The topological polar surface area (TPSA) is 129 Å². The summed E-state index contributed by atoms with van der Waals surface area (Å²) in [7, 11) is 2.86. The Kier molecular flexibility index (Phi) is 6.19. The molecule has 1 unspecified atom stereocenters. The standard InChI is InChI=1S/C16H23N7O3/c1-5-6-9-23-11-12(20-15(23)18-8-7-17)21-16(22(3)13(11)24)19-10(2)14(25)26-4/h10H,7-9,17H2,1-4H3,(H,18,20)(H,19,21). The van der Waals surface area contributed by atoms with Crippen LogP contribution < -0.4 is 21.9 Å². The van der Waals surface area contributed by atoms with E-state index in [1.807, 2.05) is 0 Å². The molecule has 2 aromatic rings. The summed E-state index contributed by atoms with van der Waals surface area (Å²) < 4.78 is 7.68.